The molecule has 3 rings (SSSR count). The topological polar surface area (TPSA) is 49.2 Å². The van der Waals surface area contributed by atoms with Crippen LogP contribution >= 0.6 is 11.6 Å². The Balaban J connectivity index is 2.09. The summed E-state index contributed by atoms with van der Waals surface area (Å²) in [5.41, 5.74) is -3.08. The Morgan fingerprint density at radius 3 is 2.54 bits per heavy atom. The molecule has 8 heteroatoms. The number of hydrogen-bond acceptors (Lipinski definition) is 4. The summed E-state index contributed by atoms with van der Waals surface area (Å²) in [7, 11) is 1.85. The van der Waals surface area contributed by atoms with E-state index in [9.17, 15) is 18.3 Å². The van der Waals surface area contributed by atoms with E-state index in [4.69, 9.17) is 11.6 Å². The summed E-state index contributed by atoms with van der Waals surface area (Å²) < 4.78 is 41.4. The van der Waals surface area contributed by atoms with Crippen LogP contribution in [-0.2, 0) is 5.60 Å². The molecule has 1 unspecified atom stereocenters. The van der Waals surface area contributed by atoms with Gasteiger partial charge in [-0.25, -0.2) is 9.97 Å². The van der Waals surface area contributed by atoms with Crippen LogP contribution < -0.4 is 0 Å². The van der Waals surface area contributed by atoms with Gasteiger partial charge in [-0.05, 0) is 45.1 Å². The van der Waals surface area contributed by atoms with Crippen LogP contribution in [0.3, 0.4) is 0 Å². The summed E-state index contributed by atoms with van der Waals surface area (Å²) >= 11 is 5.80. The average Bonchev–Trinajstić information content (AvgIpc) is 2.53. The smallest absolute Gasteiger partial charge is 0.375 e. The monoisotopic (exact) mass is 359 g/mol. The van der Waals surface area contributed by atoms with E-state index in [-0.39, 0.29) is 29.2 Å². The number of aliphatic hydroxyl groups is 1. The first kappa shape index (κ1) is 17.4. The minimum atomic E-state index is -4.81. The number of rotatable bonds is 2. The molecular weight excluding hydrogens is 343 g/mol. The Labute approximate surface area is 142 Å². The average molecular weight is 360 g/mol. The van der Waals surface area contributed by atoms with Gasteiger partial charge < -0.3 is 10.0 Å². The highest BCUT2D eigenvalue weighted by molar-refractivity contribution is 6.29. The number of halogens is 4. The minimum Gasteiger partial charge on any atom is -0.375 e. The molecular formula is C16H17ClF3N3O. The first-order chi connectivity index (χ1) is 11.2. The second-order valence-corrected chi connectivity index (χ2v) is 6.63. The molecule has 2 aromatic rings. The van der Waals surface area contributed by atoms with E-state index in [1.165, 1.54) is 24.4 Å². The maximum atomic E-state index is 13.8. The van der Waals surface area contributed by atoms with E-state index in [0.717, 1.165) is 0 Å². The fourth-order valence-corrected chi connectivity index (χ4v) is 3.37. The molecule has 1 aliphatic rings. The Hall–Kier alpha value is -1.44. The van der Waals surface area contributed by atoms with Crippen molar-refractivity contribution in [2.75, 3.05) is 20.1 Å². The second kappa shape index (κ2) is 6.13. The molecule has 24 heavy (non-hydrogen) atoms. The second-order valence-electron chi connectivity index (χ2n) is 6.24. The molecule has 0 spiro atoms. The van der Waals surface area contributed by atoms with Crippen molar-refractivity contribution in [1.82, 2.24) is 14.9 Å². The van der Waals surface area contributed by atoms with Crippen LogP contribution in [0.5, 0.6) is 0 Å². The molecule has 130 valence electrons. The van der Waals surface area contributed by atoms with Gasteiger partial charge in [0.15, 0.2) is 0 Å². The fourth-order valence-electron chi connectivity index (χ4n) is 3.22. The molecule has 1 fully saturated rings. The van der Waals surface area contributed by atoms with Crippen molar-refractivity contribution in [1.29, 1.82) is 0 Å². The highest BCUT2D eigenvalue weighted by Crippen LogP contribution is 2.47. The molecule has 2 aromatic heterocycles. The highest BCUT2D eigenvalue weighted by Gasteiger charge is 2.60. The summed E-state index contributed by atoms with van der Waals surface area (Å²) in [6, 6.07) is 4.10. The standard InChI is InChI=1S/C16H17ClF3N3O/c1-23-6-4-11(5-7-23)15(24,16(18,19)20)13-3-2-10-9-21-14(17)8-12(10)22-13/h2-3,8-9,11,24H,4-7H2,1H3. The van der Waals surface area contributed by atoms with Gasteiger partial charge in [-0.1, -0.05) is 11.6 Å². The zero-order valence-electron chi connectivity index (χ0n) is 13.0. The van der Waals surface area contributed by atoms with Crippen LogP contribution in [-0.4, -0.2) is 46.3 Å². The molecule has 0 radical (unpaired) electrons. The summed E-state index contributed by atoms with van der Waals surface area (Å²) in [6.07, 6.45) is -2.87. The lowest BCUT2D eigenvalue weighted by molar-refractivity contribution is -0.292. The van der Waals surface area contributed by atoms with Crippen molar-refractivity contribution < 1.29 is 18.3 Å². The number of aromatic nitrogens is 2. The van der Waals surface area contributed by atoms with Gasteiger partial charge in [-0.15, -0.1) is 0 Å². The number of fused-ring (bicyclic) bond motifs is 1. The van der Waals surface area contributed by atoms with Gasteiger partial charge in [0.2, 0.25) is 5.60 Å². The quantitative estimate of drug-likeness (QED) is 0.835. The van der Waals surface area contributed by atoms with Crippen LogP contribution in [0.15, 0.2) is 24.4 Å². The number of pyridine rings is 2. The first-order valence-corrected chi connectivity index (χ1v) is 8.00. The maximum Gasteiger partial charge on any atom is 0.423 e. The van der Waals surface area contributed by atoms with Crippen molar-refractivity contribution in [2.45, 2.75) is 24.6 Å². The fraction of sp³-hybridized carbons (Fsp3) is 0.500. The predicted molar refractivity (Wildman–Crippen MR) is 84.7 cm³/mol. The van der Waals surface area contributed by atoms with E-state index in [1.807, 2.05) is 11.9 Å². The van der Waals surface area contributed by atoms with E-state index in [0.29, 0.717) is 18.5 Å². The molecule has 1 saturated heterocycles. The van der Waals surface area contributed by atoms with Gasteiger partial charge in [0.05, 0.1) is 11.2 Å². The number of nitrogens with zero attached hydrogens (tertiary/aromatic N) is 3. The lowest BCUT2D eigenvalue weighted by Gasteiger charge is -2.41. The van der Waals surface area contributed by atoms with Gasteiger partial charge in [0.1, 0.15) is 5.15 Å². The van der Waals surface area contributed by atoms with Crippen LogP contribution in [0, 0.1) is 5.92 Å². The van der Waals surface area contributed by atoms with Gasteiger partial charge >= 0.3 is 6.18 Å². The van der Waals surface area contributed by atoms with Crippen molar-refractivity contribution in [3.05, 3.63) is 35.2 Å². The molecule has 0 saturated carbocycles. The molecule has 0 bridgehead atoms. The number of likely N-dealkylation sites (tertiary alicyclic amines) is 1. The maximum absolute atomic E-state index is 13.8. The molecule has 1 aliphatic heterocycles. The molecule has 3 heterocycles. The number of hydrogen-bond donors (Lipinski definition) is 1. The Bertz CT molecular complexity index is 747. The van der Waals surface area contributed by atoms with Gasteiger partial charge in [-0.2, -0.15) is 13.2 Å². The van der Waals surface area contributed by atoms with Crippen molar-refractivity contribution in [3.63, 3.8) is 0 Å². The molecule has 0 amide bonds. The van der Waals surface area contributed by atoms with Gasteiger partial charge in [0, 0.05) is 23.6 Å². The van der Waals surface area contributed by atoms with E-state index in [2.05, 4.69) is 9.97 Å². The van der Waals surface area contributed by atoms with Gasteiger partial charge in [0.25, 0.3) is 0 Å². The van der Waals surface area contributed by atoms with Gasteiger partial charge in [-0.3, -0.25) is 0 Å². The van der Waals surface area contributed by atoms with E-state index < -0.39 is 17.7 Å². The molecule has 4 nitrogen and oxygen atoms in total. The van der Waals surface area contributed by atoms with Crippen LogP contribution in [0.4, 0.5) is 13.2 Å². The largest absolute Gasteiger partial charge is 0.423 e. The number of piperidine rings is 1. The van der Waals surface area contributed by atoms with E-state index >= 15 is 0 Å². The normalized spacial score (nSPS) is 20.2. The summed E-state index contributed by atoms with van der Waals surface area (Å²) in [6.45, 7) is 1.01. The molecule has 1 atom stereocenters. The molecule has 0 aromatic carbocycles. The van der Waals surface area contributed by atoms with Crippen molar-refractivity contribution >= 4 is 22.5 Å². The summed E-state index contributed by atoms with van der Waals surface area (Å²) in [5.74, 6) is -0.934. The van der Waals surface area contributed by atoms with Crippen LogP contribution in [0.1, 0.15) is 18.5 Å². The highest BCUT2D eigenvalue weighted by atomic mass is 35.5. The number of alkyl halides is 3. The first-order valence-electron chi connectivity index (χ1n) is 7.62. The lowest BCUT2D eigenvalue weighted by atomic mass is 9.77. The Morgan fingerprint density at radius 2 is 1.92 bits per heavy atom. The lowest BCUT2D eigenvalue weighted by Crippen LogP contribution is -2.52. The predicted octanol–water partition coefficient (Wildman–Crippen LogP) is 3.37. The third-order valence-electron chi connectivity index (χ3n) is 4.67. The molecule has 0 aliphatic carbocycles. The van der Waals surface area contributed by atoms with Crippen molar-refractivity contribution in [3.8, 4) is 0 Å². The van der Waals surface area contributed by atoms with Crippen LogP contribution in [0.25, 0.3) is 10.9 Å². The third-order valence-corrected chi connectivity index (χ3v) is 4.88. The Kier molecular flexibility index (Phi) is 4.44. The Morgan fingerprint density at radius 1 is 1.25 bits per heavy atom. The minimum absolute atomic E-state index is 0.141. The molecule has 1 N–H and O–H groups in total. The van der Waals surface area contributed by atoms with Crippen molar-refractivity contribution in [2.24, 2.45) is 5.92 Å². The zero-order valence-corrected chi connectivity index (χ0v) is 13.8. The zero-order chi connectivity index (χ0) is 17.5. The SMILES string of the molecule is CN1CCC(C(O)(c2ccc3cnc(Cl)cc3n2)C(F)(F)F)CC1. The third kappa shape index (κ3) is 2.96. The van der Waals surface area contributed by atoms with E-state index in [1.54, 1.807) is 0 Å². The summed E-state index contributed by atoms with van der Waals surface area (Å²) in [5, 5.41) is 11.4. The summed E-state index contributed by atoms with van der Waals surface area (Å²) in [4.78, 5) is 9.89. The van der Waals surface area contributed by atoms with Crippen LogP contribution in [0.2, 0.25) is 5.15 Å².